The van der Waals surface area contributed by atoms with Gasteiger partial charge in [0.05, 0.1) is 9.08 Å². The summed E-state index contributed by atoms with van der Waals surface area (Å²) in [5.74, 6) is 1.01. The maximum Gasteiger partial charge on any atom is 0.264 e. The Hall–Kier alpha value is -1.40. The molecule has 19 heavy (non-hydrogen) atoms. The maximum absolute atomic E-state index is 5.72. The van der Waals surface area contributed by atoms with Crippen molar-refractivity contribution in [3.05, 3.63) is 45.5 Å². The fourth-order valence-corrected chi connectivity index (χ4v) is 2.56. The van der Waals surface area contributed by atoms with Gasteiger partial charge in [0.2, 0.25) is 5.89 Å². The molecular formula is C13H9Br2N3O. The summed E-state index contributed by atoms with van der Waals surface area (Å²) in [5.41, 5.74) is 1.77. The molecule has 0 N–H and O–H groups in total. The Balaban J connectivity index is 2.04. The van der Waals surface area contributed by atoms with E-state index in [9.17, 15) is 0 Å². The largest absolute Gasteiger partial charge is 0.415 e. The van der Waals surface area contributed by atoms with E-state index in [-0.39, 0.29) is 0 Å². The molecule has 0 amide bonds. The molecule has 96 valence electrons. The third kappa shape index (κ3) is 2.26. The summed E-state index contributed by atoms with van der Waals surface area (Å²) in [7, 11) is 1.93. The number of benzene rings is 1. The Morgan fingerprint density at radius 3 is 2.37 bits per heavy atom. The van der Waals surface area contributed by atoms with Gasteiger partial charge in [-0.2, -0.15) is 0 Å². The van der Waals surface area contributed by atoms with Crippen molar-refractivity contribution in [1.29, 1.82) is 0 Å². The zero-order valence-corrected chi connectivity index (χ0v) is 13.1. The average Bonchev–Trinajstić information content (AvgIpc) is 3.01. The van der Waals surface area contributed by atoms with Crippen LogP contribution in [-0.4, -0.2) is 14.8 Å². The summed E-state index contributed by atoms with van der Waals surface area (Å²) in [5, 5.41) is 8.18. The van der Waals surface area contributed by atoms with Crippen molar-refractivity contribution < 1.29 is 4.42 Å². The fraction of sp³-hybridized carbons (Fsp3) is 0.0769. The molecule has 0 saturated carbocycles. The first-order chi connectivity index (χ1) is 9.16. The molecule has 3 aromatic rings. The van der Waals surface area contributed by atoms with Crippen LogP contribution in [0.4, 0.5) is 0 Å². The van der Waals surface area contributed by atoms with Crippen LogP contribution in [0.2, 0.25) is 0 Å². The Morgan fingerprint density at radius 1 is 1.05 bits per heavy atom. The summed E-state index contributed by atoms with van der Waals surface area (Å²) < 4.78 is 9.54. The van der Waals surface area contributed by atoms with Gasteiger partial charge in [0.1, 0.15) is 5.69 Å². The number of nitrogens with zero attached hydrogens (tertiary/aromatic N) is 3. The number of hydrogen-bond donors (Lipinski definition) is 0. The lowest BCUT2D eigenvalue weighted by atomic mass is 10.2. The number of halogens is 2. The van der Waals surface area contributed by atoms with Crippen molar-refractivity contribution in [1.82, 2.24) is 14.8 Å². The zero-order valence-electron chi connectivity index (χ0n) is 9.97. The lowest BCUT2D eigenvalue weighted by Crippen LogP contribution is -1.91. The summed E-state index contributed by atoms with van der Waals surface area (Å²) >= 11 is 6.93. The van der Waals surface area contributed by atoms with Gasteiger partial charge in [-0.05, 0) is 50.1 Å². The molecule has 0 spiro atoms. The topological polar surface area (TPSA) is 43.9 Å². The highest BCUT2D eigenvalue weighted by molar-refractivity contribution is 9.13. The Bertz CT molecular complexity index is 719. The van der Waals surface area contributed by atoms with Crippen LogP contribution in [0.25, 0.3) is 23.0 Å². The van der Waals surface area contributed by atoms with Crippen LogP contribution in [0, 0.1) is 0 Å². The minimum absolute atomic E-state index is 0.493. The number of rotatable bonds is 2. The van der Waals surface area contributed by atoms with Gasteiger partial charge >= 0.3 is 0 Å². The Labute approximate surface area is 126 Å². The van der Waals surface area contributed by atoms with Gasteiger partial charge in [0.25, 0.3) is 5.89 Å². The Morgan fingerprint density at radius 2 is 1.74 bits per heavy atom. The summed E-state index contributed by atoms with van der Waals surface area (Å²) in [6, 6.07) is 11.6. The van der Waals surface area contributed by atoms with E-state index in [1.165, 1.54) is 0 Å². The molecule has 0 bridgehead atoms. The molecule has 1 aromatic carbocycles. The molecule has 0 saturated heterocycles. The van der Waals surface area contributed by atoms with Crippen LogP contribution >= 0.6 is 31.9 Å². The molecule has 0 aliphatic carbocycles. The first-order valence-corrected chi connectivity index (χ1v) is 7.15. The molecule has 0 atom stereocenters. The normalized spacial score (nSPS) is 10.9. The van der Waals surface area contributed by atoms with Crippen LogP contribution in [0.5, 0.6) is 0 Å². The summed E-state index contributed by atoms with van der Waals surface area (Å²) in [6.07, 6.45) is 0. The molecule has 0 radical (unpaired) electrons. The summed E-state index contributed by atoms with van der Waals surface area (Å²) in [6.45, 7) is 0. The second kappa shape index (κ2) is 4.94. The highest BCUT2D eigenvalue weighted by Crippen LogP contribution is 2.32. The lowest BCUT2D eigenvalue weighted by Gasteiger charge is -1.98. The van der Waals surface area contributed by atoms with Gasteiger partial charge < -0.3 is 8.98 Å². The highest BCUT2D eigenvalue weighted by Gasteiger charge is 2.16. The quantitative estimate of drug-likeness (QED) is 0.664. The van der Waals surface area contributed by atoms with E-state index < -0.39 is 0 Å². The van der Waals surface area contributed by atoms with Crippen molar-refractivity contribution >= 4 is 31.9 Å². The molecule has 0 aliphatic heterocycles. The van der Waals surface area contributed by atoms with Gasteiger partial charge in [0, 0.05) is 12.6 Å². The fourth-order valence-electron chi connectivity index (χ4n) is 1.77. The van der Waals surface area contributed by atoms with E-state index in [1.807, 2.05) is 48.0 Å². The average molecular weight is 383 g/mol. The van der Waals surface area contributed by atoms with E-state index in [2.05, 4.69) is 42.1 Å². The van der Waals surface area contributed by atoms with Gasteiger partial charge in [-0.25, -0.2) is 0 Å². The molecule has 2 aromatic heterocycles. The molecule has 0 fully saturated rings. The van der Waals surface area contributed by atoms with E-state index >= 15 is 0 Å². The second-order valence-electron chi connectivity index (χ2n) is 4.01. The smallest absolute Gasteiger partial charge is 0.264 e. The molecule has 0 unspecified atom stereocenters. The third-order valence-corrected chi connectivity index (χ3v) is 4.88. The zero-order chi connectivity index (χ0) is 13.4. The molecule has 6 heteroatoms. The highest BCUT2D eigenvalue weighted by atomic mass is 79.9. The van der Waals surface area contributed by atoms with E-state index in [1.54, 1.807) is 0 Å². The minimum Gasteiger partial charge on any atom is -0.415 e. The van der Waals surface area contributed by atoms with Crippen molar-refractivity contribution in [3.8, 4) is 23.0 Å². The molecular weight excluding hydrogens is 374 g/mol. The first kappa shape index (κ1) is 12.6. The molecule has 0 aliphatic rings. The number of hydrogen-bond acceptors (Lipinski definition) is 3. The van der Waals surface area contributed by atoms with Crippen LogP contribution in [0.1, 0.15) is 0 Å². The van der Waals surface area contributed by atoms with Crippen molar-refractivity contribution in [2.45, 2.75) is 0 Å². The van der Waals surface area contributed by atoms with Gasteiger partial charge in [-0.3, -0.25) is 0 Å². The van der Waals surface area contributed by atoms with E-state index in [0.717, 1.165) is 20.3 Å². The standard InChI is InChI=1S/C13H9Br2N3O/c1-18-10(7-9(14)11(18)15)13-17-16-12(19-13)8-5-3-2-4-6-8/h2-7H,1H3. The van der Waals surface area contributed by atoms with E-state index in [0.29, 0.717) is 11.8 Å². The predicted molar refractivity (Wildman–Crippen MR) is 79.5 cm³/mol. The maximum atomic E-state index is 5.72. The molecule has 2 heterocycles. The third-order valence-electron chi connectivity index (χ3n) is 2.78. The van der Waals surface area contributed by atoms with Gasteiger partial charge in [-0.15, -0.1) is 10.2 Å². The lowest BCUT2D eigenvalue weighted by molar-refractivity contribution is 0.578. The minimum atomic E-state index is 0.493. The van der Waals surface area contributed by atoms with Crippen molar-refractivity contribution in [3.63, 3.8) is 0 Å². The first-order valence-electron chi connectivity index (χ1n) is 5.57. The summed E-state index contributed by atoms with van der Waals surface area (Å²) in [4.78, 5) is 0. The van der Waals surface area contributed by atoms with E-state index in [4.69, 9.17) is 4.42 Å². The van der Waals surface area contributed by atoms with Crippen LogP contribution < -0.4 is 0 Å². The molecule has 3 rings (SSSR count). The second-order valence-corrected chi connectivity index (χ2v) is 5.61. The number of aromatic nitrogens is 3. The van der Waals surface area contributed by atoms with Crippen LogP contribution in [0.15, 0.2) is 49.9 Å². The van der Waals surface area contributed by atoms with Crippen LogP contribution in [-0.2, 0) is 7.05 Å². The monoisotopic (exact) mass is 381 g/mol. The van der Waals surface area contributed by atoms with Gasteiger partial charge in [0.15, 0.2) is 0 Å². The van der Waals surface area contributed by atoms with Gasteiger partial charge in [-0.1, -0.05) is 18.2 Å². The Kier molecular flexibility index (Phi) is 3.28. The van der Waals surface area contributed by atoms with Crippen molar-refractivity contribution in [2.75, 3.05) is 0 Å². The van der Waals surface area contributed by atoms with Crippen LogP contribution in [0.3, 0.4) is 0 Å². The van der Waals surface area contributed by atoms with Crippen molar-refractivity contribution in [2.24, 2.45) is 7.05 Å². The SMILES string of the molecule is Cn1c(-c2nnc(-c3ccccc3)o2)cc(Br)c1Br. The predicted octanol–water partition coefficient (Wildman–Crippen LogP) is 4.27. The molecule has 4 nitrogen and oxygen atoms in total.